The van der Waals surface area contributed by atoms with Gasteiger partial charge in [0.15, 0.2) is 0 Å². The van der Waals surface area contributed by atoms with Crippen molar-refractivity contribution in [2.45, 2.75) is 19.8 Å². The van der Waals surface area contributed by atoms with Crippen molar-refractivity contribution < 1.29 is 18.3 Å². The van der Waals surface area contributed by atoms with Crippen molar-refractivity contribution in [3.63, 3.8) is 0 Å². The summed E-state index contributed by atoms with van der Waals surface area (Å²) in [4.78, 5) is 11.9. The third-order valence-electron chi connectivity index (χ3n) is 3.05. The predicted molar refractivity (Wildman–Crippen MR) is 81.2 cm³/mol. The number of ether oxygens (including phenoxy) is 1. The van der Waals surface area contributed by atoms with E-state index in [1.54, 1.807) is 24.3 Å². The molecule has 0 aliphatic rings. The summed E-state index contributed by atoms with van der Waals surface area (Å²) in [5.41, 5.74) is 0.153. The van der Waals surface area contributed by atoms with Gasteiger partial charge in [-0.05, 0) is 48.9 Å². The summed E-state index contributed by atoms with van der Waals surface area (Å²) in [5, 5.41) is 2.52. The van der Waals surface area contributed by atoms with Crippen LogP contribution in [0.5, 0.6) is 5.75 Å². The zero-order chi connectivity index (χ0) is 15.9. The molecule has 0 atom stereocenters. The van der Waals surface area contributed by atoms with E-state index < -0.39 is 17.5 Å². The molecule has 0 spiro atoms. The summed E-state index contributed by atoms with van der Waals surface area (Å²) in [6.45, 7) is 2.71. The molecule has 2 rings (SSSR count). The lowest BCUT2D eigenvalue weighted by atomic mass is 10.2. The van der Waals surface area contributed by atoms with Crippen LogP contribution in [0.1, 0.15) is 30.1 Å². The maximum atomic E-state index is 13.5. The van der Waals surface area contributed by atoms with Crippen LogP contribution in [0.25, 0.3) is 0 Å². The van der Waals surface area contributed by atoms with Crippen molar-refractivity contribution in [1.82, 2.24) is 0 Å². The van der Waals surface area contributed by atoms with Crippen molar-refractivity contribution in [3.05, 3.63) is 59.7 Å². The Morgan fingerprint density at radius 2 is 1.86 bits per heavy atom. The molecule has 2 aromatic carbocycles. The van der Waals surface area contributed by atoms with E-state index in [-0.39, 0.29) is 5.56 Å². The first-order chi connectivity index (χ1) is 10.6. The van der Waals surface area contributed by atoms with Gasteiger partial charge in [-0.25, -0.2) is 8.78 Å². The monoisotopic (exact) mass is 305 g/mol. The molecule has 2 aromatic rings. The lowest BCUT2D eigenvalue weighted by molar-refractivity contribution is 0.102. The van der Waals surface area contributed by atoms with Gasteiger partial charge in [-0.15, -0.1) is 0 Å². The Balaban J connectivity index is 2.01. The van der Waals surface area contributed by atoms with Gasteiger partial charge in [0.1, 0.15) is 17.4 Å². The van der Waals surface area contributed by atoms with Gasteiger partial charge in [0, 0.05) is 5.69 Å². The maximum absolute atomic E-state index is 13.5. The third-order valence-corrected chi connectivity index (χ3v) is 3.05. The number of nitrogens with one attached hydrogen (secondary N) is 1. The topological polar surface area (TPSA) is 38.3 Å². The highest BCUT2D eigenvalue weighted by Gasteiger charge is 2.13. The largest absolute Gasteiger partial charge is 0.494 e. The second-order valence-corrected chi connectivity index (χ2v) is 4.80. The first-order valence-electron chi connectivity index (χ1n) is 7.09. The van der Waals surface area contributed by atoms with Crippen molar-refractivity contribution >= 4 is 11.6 Å². The minimum atomic E-state index is -0.765. The summed E-state index contributed by atoms with van der Waals surface area (Å²) in [6, 6.07) is 9.49. The molecule has 0 fully saturated rings. The van der Waals surface area contributed by atoms with E-state index in [0.717, 1.165) is 31.0 Å². The average molecular weight is 305 g/mol. The quantitative estimate of drug-likeness (QED) is 0.804. The van der Waals surface area contributed by atoms with Crippen LogP contribution in [0.2, 0.25) is 0 Å². The average Bonchev–Trinajstić information content (AvgIpc) is 2.51. The van der Waals surface area contributed by atoms with Gasteiger partial charge >= 0.3 is 0 Å². The summed E-state index contributed by atoms with van der Waals surface area (Å²) < 4.78 is 32.1. The van der Waals surface area contributed by atoms with Crippen LogP contribution in [-0.4, -0.2) is 12.5 Å². The van der Waals surface area contributed by atoms with Crippen LogP contribution in [-0.2, 0) is 0 Å². The van der Waals surface area contributed by atoms with Gasteiger partial charge in [0.25, 0.3) is 5.91 Å². The molecule has 0 saturated carbocycles. The molecule has 3 nitrogen and oxygen atoms in total. The molecule has 0 unspecified atom stereocenters. The van der Waals surface area contributed by atoms with Crippen LogP contribution >= 0.6 is 0 Å². The van der Waals surface area contributed by atoms with E-state index in [1.165, 1.54) is 0 Å². The van der Waals surface area contributed by atoms with E-state index in [1.807, 2.05) is 0 Å². The number of hydrogen-bond donors (Lipinski definition) is 1. The Labute approximate surface area is 127 Å². The van der Waals surface area contributed by atoms with Gasteiger partial charge < -0.3 is 10.1 Å². The Bertz CT molecular complexity index is 642. The fourth-order valence-electron chi connectivity index (χ4n) is 1.84. The second-order valence-electron chi connectivity index (χ2n) is 4.80. The highest BCUT2D eigenvalue weighted by molar-refractivity contribution is 6.04. The summed E-state index contributed by atoms with van der Waals surface area (Å²) in [6.07, 6.45) is 2.02. The standard InChI is InChI=1S/C17H17F2NO2/c1-2-3-10-22-14-7-5-13(6-8-14)20-17(21)15-11-12(18)4-9-16(15)19/h4-9,11H,2-3,10H2,1H3,(H,20,21). The number of halogens is 2. The summed E-state index contributed by atoms with van der Waals surface area (Å²) >= 11 is 0. The molecule has 0 heterocycles. The Morgan fingerprint density at radius 3 is 2.55 bits per heavy atom. The molecule has 1 N–H and O–H groups in total. The molecule has 116 valence electrons. The molecule has 0 saturated heterocycles. The fraction of sp³-hybridized carbons (Fsp3) is 0.235. The second kappa shape index (κ2) is 7.54. The summed E-state index contributed by atoms with van der Waals surface area (Å²) in [7, 11) is 0. The summed E-state index contributed by atoms with van der Waals surface area (Å²) in [5.74, 6) is -1.43. The van der Waals surface area contributed by atoms with E-state index in [4.69, 9.17) is 4.74 Å². The Morgan fingerprint density at radius 1 is 1.14 bits per heavy atom. The highest BCUT2D eigenvalue weighted by Crippen LogP contribution is 2.18. The van der Waals surface area contributed by atoms with Crippen LogP contribution in [0.15, 0.2) is 42.5 Å². The zero-order valence-electron chi connectivity index (χ0n) is 12.2. The molecule has 0 aliphatic heterocycles. The minimum absolute atomic E-state index is 0.330. The van der Waals surface area contributed by atoms with Crippen molar-refractivity contribution in [1.29, 1.82) is 0 Å². The first-order valence-corrected chi connectivity index (χ1v) is 7.09. The minimum Gasteiger partial charge on any atom is -0.494 e. The molecule has 22 heavy (non-hydrogen) atoms. The number of anilines is 1. The molecular weight excluding hydrogens is 288 g/mol. The fourth-order valence-corrected chi connectivity index (χ4v) is 1.84. The molecule has 0 aromatic heterocycles. The van der Waals surface area contributed by atoms with Gasteiger partial charge in [-0.1, -0.05) is 13.3 Å². The van der Waals surface area contributed by atoms with Crippen LogP contribution in [0, 0.1) is 11.6 Å². The van der Waals surface area contributed by atoms with Gasteiger partial charge in [0.2, 0.25) is 0 Å². The van der Waals surface area contributed by atoms with E-state index in [0.29, 0.717) is 18.0 Å². The zero-order valence-corrected chi connectivity index (χ0v) is 12.2. The van der Waals surface area contributed by atoms with Gasteiger partial charge in [0.05, 0.1) is 12.2 Å². The van der Waals surface area contributed by atoms with Crippen LogP contribution in [0.3, 0.4) is 0 Å². The van der Waals surface area contributed by atoms with E-state index >= 15 is 0 Å². The van der Waals surface area contributed by atoms with E-state index in [2.05, 4.69) is 12.2 Å². The Hall–Kier alpha value is -2.43. The molecule has 0 radical (unpaired) electrons. The molecule has 0 bridgehead atoms. The Kier molecular flexibility index (Phi) is 5.47. The number of unbranched alkanes of at least 4 members (excludes halogenated alkanes) is 1. The number of carbonyl (C=O) groups excluding carboxylic acids is 1. The van der Waals surface area contributed by atoms with Crippen LogP contribution < -0.4 is 10.1 Å². The number of benzene rings is 2. The lowest BCUT2D eigenvalue weighted by Crippen LogP contribution is -2.14. The van der Waals surface area contributed by atoms with Crippen molar-refractivity contribution in [2.75, 3.05) is 11.9 Å². The lowest BCUT2D eigenvalue weighted by Gasteiger charge is -2.08. The van der Waals surface area contributed by atoms with Crippen molar-refractivity contribution in [3.8, 4) is 5.75 Å². The normalized spacial score (nSPS) is 10.3. The van der Waals surface area contributed by atoms with Crippen molar-refractivity contribution in [2.24, 2.45) is 0 Å². The van der Waals surface area contributed by atoms with E-state index in [9.17, 15) is 13.6 Å². The molecular formula is C17H17F2NO2. The smallest absolute Gasteiger partial charge is 0.258 e. The van der Waals surface area contributed by atoms with Gasteiger partial charge in [-0.2, -0.15) is 0 Å². The predicted octanol–water partition coefficient (Wildman–Crippen LogP) is 4.40. The number of amides is 1. The van der Waals surface area contributed by atoms with Crippen LogP contribution in [0.4, 0.5) is 14.5 Å². The third kappa shape index (κ3) is 4.28. The molecule has 1 amide bonds. The number of rotatable bonds is 6. The maximum Gasteiger partial charge on any atom is 0.258 e. The molecule has 5 heteroatoms. The first kappa shape index (κ1) is 15.9. The SMILES string of the molecule is CCCCOc1ccc(NC(=O)c2cc(F)ccc2F)cc1. The highest BCUT2D eigenvalue weighted by atomic mass is 19.1. The number of hydrogen-bond acceptors (Lipinski definition) is 2. The van der Waals surface area contributed by atoms with Gasteiger partial charge in [-0.3, -0.25) is 4.79 Å². The molecule has 0 aliphatic carbocycles. The number of carbonyl (C=O) groups is 1.